The lowest BCUT2D eigenvalue weighted by atomic mass is 9.86. The number of carbonyl (C=O) groups is 2. The van der Waals surface area contributed by atoms with Crippen molar-refractivity contribution in [1.29, 1.82) is 0 Å². The molecule has 1 aromatic heterocycles. The van der Waals surface area contributed by atoms with Crippen molar-refractivity contribution >= 4 is 11.8 Å². The molecule has 0 aliphatic carbocycles. The summed E-state index contributed by atoms with van der Waals surface area (Å²) >= 11 is 0. The van der Waals surface area contributed by atoms with Gasteiger partial charge in [-0.25, -0.2) is 0 Å². The third-order valence-corrected chi connectivity index (χ3v) is 6.27. The Labute approximate surface area is 218 Å². The minimum Gasteiger partial charge on any atom is -0.464 e. The molecule has 7 nitrogen and oxygen atoms in total. The van der Waals surface area contributed by atoms with Crippen LogP contribution in [0.4, 0.5) is 0 Å². The number of nitrogens with zero attached hydrogens (tertiary/aromatic N) is 2. The molecule has 0 fully saturated rings. The topological polar surface area (TPSA) is 72.2 Å². The number of benzene rings is 2. The molecule has 2 amide bonds. The van der Waals surface area contributed by atoms with Crippen molar-refractivity contribution in [3.63, 3.8) is 0 Å². The summed E-state index contributed by atoms with van der Waals surface area (Å²) in [6.07, 6.45) is 1.63. The van der Waals surface area contributed by atoms with E-state index in [-0.39, 0.29) is 43.7 Å². The van der Waals surface area contributed by atoms with Gasteiger partial charge in [0, 0.05) is 18.7 Å². The van der Waals surface area contributed by atoms with Gasteiger partial charge in [0.2, 0.25) is 12.7 Å². The molecule has 0 spiro atoms. The number of fused-ring (bicyclic) bond motifs is 1. The maximum absolute atomic E-state index is 13.6. The highest BCUT2D eigenvalue weighted by Crippen LogP contribution is 2.33. The maximum atomic E-state index is 13.6. The molecule has 0 saturated carbocycles. The summed E-state index contributed by atoms with van der Waals surface area (Å²) in [5, 5.41) is 0. The largest absolute Gasteiger partial charge is 0.464 e. The van der Waals surface area contributed by atoms with E-state index in [1.807, 2.05) is 61.5 Å². The fourth-order valence-corrected chi connectivity index (χ4v) is 4.18. The third kappa shape index (κ3) is 6.42. The normalized spacial score (nSPS) is 12.3. The lowest BCUT2D eigenvalue weighted by Gasteiger charge is -2.27. The van der Waals surface area contributed by atoms with Gasteiger partial charge in [-0.15, -0.1) is 6.58 Å². The molecule has 2 heterocycles. The van der Waals surface area contributed by atoms with Crippen LogP contribution in [0, 0.1) is 6.92 Å². The summed E-state index contributed by atoms with van der Waals surface area (Å²) < 4.78 is 16.7. The summed E-state index contributed by atoms with van der Waals surface area (Å²) in [5.74, 6) is 2.36. The Morgan fingerprint density at radius 3 is 2.32 bits per heavy atom. The van der Waals surface area contributed by atoms with Crippen LogP contribution in [-0.4, -0.2) is 41.5 Å². The molecule has 37 heavy (non-hydrogen) atoms. The summed E-state index contributed by atoms with van der Waals surface area (Å²) in [7, 11) is 0. The molecular formula is C30H34N2O5. The van der Waals surface area contributed by atoms with Gasteiger partial charge in [0.1, 0.15) is 18.1 Å². The van der Waals surface area contributed by atoms with Crippen LogP contribution >= 0.6 is 0 Å². The average molecular weight is 503 g/mol. The second kappa shape index (κ2) is 10.9. The highest BCUT2D eigenvalue weighted by Gasteiger charge is 2.24. The SMILES string of the molecule is C=CCN(CC(=O)N(Cc1ccc2c(c1)OCO2)Cc1ccc(C)o1)C(=O)c1ccc(C(C)(C)C)cc1. The summed E-state index contributed by atoms with van der Waals surface area (Å²) in [5.41, 5.74) is 2.54. The van der Waals surface area contributed by atoms with E-state index in [1.54, 1.807) is 11.0 Å². The standard InChI is InChI=1S/C30H34N2O5/c1-6-15-31(29(34)23-9-11-24(12-10-23)30(3,4)5)19-28(33)32(18-25-13-7-21(2)37-25)17-22-8-14-26-27(16-22)36-20-35-26/h6-14,16H,1,15,17-20H2,2-5H3. The van der Waals surface area contributed by atoms with Gasteiger partial charge < -0.3 is 23.7 Å². The quantitative estimate of drug-likeness (QED) is 0.363. The predicted molar refractivity (Wildman–Crippen MR) is 142 cm³/mol. The third-order valence-electron chi connectivity index (χ3n) is 6.27. The van der Waals surface area contributed by atoms with Crippen LogP contribution in [0.15, 0.2) is 71.7 Å². The van der Waals surface area contributed by atoms with Crippen LogP contribution in [0.3, 0.4) is 0 Å². The van der Waals surface area contributed by atoms with Gasteiger partial charge in [-0.3, -0.25) is 9.59 Å². The van der Waals surface area contributed by atoms with Crippen molar-refractivity contribution in [2.45, 2.75) is 46.2 Å². The number of furan rings is 1. The summed E-state index contributed by atoms with van der Waals surface area (Å²) in [6, 6.07) is 16.9. The van der Waals surface area contributed by atoms with E-state index in [1.165, 1.54) is 4.90 Å². The van der Waals surface area contributed by atoms with E-state index in [0.717, 1.165) is 16.9 Å². The molecule has 0 atom stereocenters. The molecule has 1 aliphatic heterocycles. The van der Waals surface area contributed by atoms with Crippen LogP contribution in [-0.2, 0) is 23.3 Å². The smallest absolute Gasteiger partial charge is 0.254 e. The van der Waals surface area contributed by atoms with Gasteiger partial charge in [-0.2, -0.15) is 0 Å². The molecule has 3 aromatic rings. The Hall–Kier alpha value is -4.00. The van der Waals surface area contributed by atoms with Crippen molar-refractivity contribution in [3.8, 4) is 11.5 Å². The van der Waals surface area contributed by atoms with Gasteiger partial charge in [-0.05, 0) is 59.9 Å². The molecule has 4 rings (SSSR count). The Kier molecular flexibility index (Phi) is 7.71. The number of hydrogen-bond donors (Lipinski definition) is 0. The van der Waals surface area contributed by atoms with E-state index in [2.05, 4.69) is 27.4 Å². The molecular weight excluding hydrogens is 468 g/mol. The Bertz CT molecular complexity index is 1270. The van der Waals surface area contributed by atoms with Crippen LogP contribution in [0.2, 0.25) is 0 Å². The summed E-state index contributed by atoms with van der Waals surface area (Å²) in [6.45, 7) is 13.0. The Morgan fingerprint density at radius 1 is 0.946 bits per heavy atom. The van der Waals surface area contributed by atoms with Gasteiger partial charge >= 0.3 is 0 Å². The van der Waals surface area contributed by atoms with Gasteiger partial charge in [0.25, 0.3) is 5.91 Å². The van der Waals surface area contributed by atoms with E-state index in [4.69, 9.17) is 13.9 Å². The monoisotopic (exact) mass is 502 g/mol. The van der Waals surface area contributed by atoms with Gasteiger partial charge in [0.05, 0.1) is 6.54 Å². The Morgan fingerprint density at radius 2 is 1.68 bits per heavy atom. The van der Waals surface area contributed by atoms with Gasteiger partial charge in [-0.1, -0.05) is 45.0 Å². The average Bonchev–Trinajstić information content (AvgIpc) is 3.50. The van der Waals surface area contributed by atoms with E-state index in [0.29, 0.717) is 29.4 Å². The highest BCUT2D eigenvalue weighted by atomic mass is 16.7. The van der Waals surface area contributed by atoms with Gasteiger partial charge in [0.15, 0.2) is 11.5 Å². The number of carbonyl (C=O) groups excluding carboxylic acids is 2. The molecule has 0 saturated heterocycles. The van der Waals surface area contributed by atoms with Crippen molar-refractivity contribution in [1.82, 2.24) is 9.80 Å². The van der Waals surface area contributed by atoms with Crippen LogP contribution < -0.4 is 9.47 Å². The fraction of sp³-hybridized carbons (Fsp3) is 0.333. The molecule has 0 unspecified atom stereocenters. The minimum atomic E-state index is -0.217. The van der Waals surface area contributed by atoms with Crippen LogP contribution in [0.1, 0.15) is 53.8 Å². The van der Waals surface area contributed by atoms with Crippen molar-refractivity contribution in [3.05, 3.63) is 95.5 Å². The summed E-state index contributed by atoms with van der Waals surface area (Å²) in [4.78, 5) is 30.2. The Balaban J connectivity index is 1.53. The molecule has 2 aromatic carbocycles. The molecule has 0 N–H and O–H groups in total. The first-order valence-electron chi connectivity index (χ1n) is 12.4. The van der Waals surface area contributed by atoms with Crippen molar-refractivity contribution in [2.75, 3.05) is 19.9 Å². The van der Waals surface area contributed by atoms with Crippen LogP contribution in [0.25, 0.3) is 0 Å². The zero-order valence-electron chi connectivity index (χ0n) is 22.0. The first kappa shape index (κ1) is 26.1. The minimum absolute atomic E-state index is 0.0161. The van der Waals surface area contributed by atoms with E-state index < -0.39 is 0 Å². The van der Waals surface area contributed by atoms with E-state index >= 15 is 0 Å². The molecule has 1 aliphatic rings. The zero-order valence-corrected chi connectivity index (χ0v) is 22.0. The molecule has 194 valence electrons. The maximum Gasteiger partial charge on any atom is 0.254 e. The van der Waals surface area contributed by atoms with Crippen molar-refractivity contribution in [2.24, 2.45) is 0 Å². The zero-order chi connectivity index (χ0) is 26.6. The fourth-order valence-electron chi connectivity index (χ4n) is 4.18. The number of amides is 2. The lowest BCUT2D eigenvalue weighted by Crippen LogP contribution is -2.42. The molecule has 7 heteroatoms. The number of aryl methyl sites for hydroxylation is 1. The second-order valence-corrected chi connectivity index (χ2v) is 10.3. The second-order valence-electron chi connectivity index (χ2n) is 10.3. The molecule has 0 bridgehead atoms. The highest BCUT2D eigenvalue weighted by molar-refractivity contribution is 5.96. The number of rotatable bonds is 9. The van der Waals surface area contributed by atoms with Crippen molar-refractivity contribution < 1.29 is 23.5 Å². The number of ether oxygens (including phenoxy) is 2. The first-order chi connectivity index (χ1) is 17.6. The molecule has 0 radical (unpaired) electrons. The number of hydrogen-bond acceptors (Lipinski definition) is 5. The van der Waals surface area contributed by atoms with Crippen LogP contribution in [0.5, 0.6) is 11.5 Å². The van der Waals surface area contributed by atoms with E-state index in [9.17, 15) is 9.59 Å². The lowest BCUT2D eigenvalue weighted by molar-refractivity contribution is -0.133. The first-order valence-corrected chi connectivity index (χ1v) is 12.4. The predicted octanol–water partition coefficient (Wildman–Crippen LogP) is 5.47.